The quantitative estimate of drug-likeness (QED) is 0.871. The Morgan fingerprint density at radius 3 is 3.05 bits per heavy atom. The Bertz CT molecular complexity index is 624. The van der Waals surface area contributed by atoms with Crippen LogP contribution < -0.4 is 10.2 Å². The molecule has 1 aromatic rings. The number of ether oxygens (including phenoxy) is 1. The highest BCUT2D eigenvalue weighted by molar-refractivity contribution is 5.90. The molecule has 5 heteroatoms. The fourth-order valence-electron chi connectivity index (χ4n) is 2.88. The number of aryl methyl sites for hydroxylation is 1. The summed E-state index contributed by atoms with van der Waals surface area (Å²) in [6.07, 6.45) is 6.75. The zero-order valence-electron chi connectivity index (χ0n) is 12.7. The van der Waals surface area contributed by atoms with Crippen molar-refractivity contribution in [3.63, 3.8) is 0 Å². The molecule has 5 nitrogen and oxygen atoms in total. The van der Waals surface area contributed by atoms with Crippen LogP contribution in [0.5, 0.6) is 0 Å². The van der Waals surface area contributed by atoms with Gasteiger partial charge in [0.15, 0.2) is 0 Å². The first-order valence-electron chi connectivity index (χ1n) is 7.63. The van der Waals surface area contributed by atoms with Gasteiger partial charge in [0.2, 0.25) is 5.91 Å². The summed E-state index contributed by atoms with van der Waals surface area (Å²) in [4.78, 5) is 24.6. The van der Waals surface area contributed by atoms with Crippen LogP contribution >= 0.6 is 0 Å². The van der Waals surface area contributed by atoms with Gasteiger partial charge < -0.3 is 10.1 Å². The van der Waals surface area contributed by atoms with Crippen LogP contribution in [0.3, 0.4) is 0 Å². The molecule has 0 spiro atoms. The highest BCUT2D eigenvalue weighted by Gasteiger charge is 2.32. The van der Waals surface area contributed by atoms with Crippen molar-refractivity contribution in [2.45, 2.75) is 32.3 Å². The summed E-state index contributed by atoms with van der Waals surface area (Å²) in [6.45, 7) is 2.27. The van der Waals surface area contributed by atoms with Gasteiger partial charge >= 0.3 is 6.09 Å². The number of nitrogens with one attached hydrogen (secondary N) is 1. The van der Waals surface area contributed by atoms with E-state index in [-0.39, 0.29) is 18.1 Å². The van der Waals surface area contributed by atoms with Crippen LogP contribution in [0.15, 0.2) is 30.4 Å². The zero-order chi connectivity index (χ0) is 15.5. The molecule has 2 aliphatic rings. The third-order valence-corrected chi connectivity index (χ3v) is 4.04. The molecule has 1 aliphatic heterocycles. The molecule has 1 fully saturated rings. The van der Waals surface area contributed by atoms with Crippen LogP contribution in [0.1, 0.15) is 24.5 Å². The molecule has 3 rings (SSSR count). The van der Waals surface area contributed by atoms with Crippen molar-refractivity contribution in [2.24, 2.45) is 0 Å². The van der Waals surface area contributed by atoms with Crippen LogP contribution in [-0.4, -0.2) is 31.2 Å². The van der Waals surface area contributed by atoms with Crippen molar-refractivity contribution in [3.8, 4) is 0 Å². The number of anilines is 1. The summed E-state index contributed by atoms with van der Waals surface area (Å²) in [6, 6.07) is 6.16. The van der Waals surface area contributed by atoms with Crippen molar-refractivity contribution in [1.82, 2.24) is 5.32 Å². The zero-order valence-corrected chi connectivity index (χ0v) is 12.7. The third-order valence-electron chi connectivity index (χ3n) is 4.04. The molecule has 1 aliphatic carbocycles. The summed E-state index contributed by atoms with van der Waals surface area (Å²) in [7, 11) is 0. The van der Waals surface area contributed by atoms with Gasteiger partial charge in [-0.1, -0.05) is 18.2 Å². The largest absolute Gasteiger partial charge is 0.442 e. The SMILES string of the molecule is CC(=O)NCC1CN(c2ccc3c(c2)CC=CCC3)C(=O)O1. The second kappa shape index (κ2) is 6.22. The van der Waals surface area contributed by atoms with Gasteiger partial charge in [-0.3, -0.25) is 9.69 Å². The Kier molecular flexibility index (Phi) is 4.13. The van der Waals surface area contributed by atoms with Crippen molar-refractivity contribution in [2.75, 3.05) is 18.0 Å². The predicted molar refractivity (Wildman–Crippen MR) is 83.9 cm³/mol. The molecule has 1 N–H and O–H groups in total. The number of amides is 2. The Morgan fingerprint density at radius 1 is 1.36 bits per heavy atom. The minimum absolute atomic E-state index is 0.119. The second-order valence-electron chi connectivity index (χ2n) is 5.72. The van der Waals surface area contributed by atoms with E-state index >= 15 is 0 Å². The van der Waals surface area contributed by atoms with Crippen molar-refractivity contribution < 1.29 is 14.3 Å². The van der Waals surface area contributed by atoms with Gasteiger partial charge in [0.1, 0.15) is 6.10 Å². The van der Waals surface area contributed by atoms with E-state index in [0.717, 1.165) is 24.9 Å². The van der Waals surface area contributed by atoms with E-state index in [2.05, 4.69) is 29.6 Å². The van der Waals surface area contributed by atoms with Gasteiger partial charge in [-0.2, -0.15) is 0 Å². The van der Waals surface area contributed by atoms with Crippen LogP contribution in [0.4, 0.5) is 10.5 Å². The molecule has 0 aromatic heterocycles. The lowest BCUT2D eigenvalue weighted by atomic mass is 10.0. The summed E-state index contributed by atoms with van der Waals surface area (Å²) in [5.41, 5.74) is 3.48. The highest BCUT2D eigenvalue weighted by Crippen LogP contribution is 2.26. The first-order chi connectivity index (χ1) is 10.6. The Hall–Kier alpha value is -2.30. The van der Waals surface area contributed by atoms with Gasteiger partial charge in [0.05, 0.1) is 13.1 Å². The molecule has 1 atom stereocenters. The van der Waals surface area contributed by atoms with Crippen molar-refractivity contribution >= 4 is 17.7 Å². The van der Waals surface area contributed by atoms with Gasteiger partial charge in [-0.05, 0) is 42.5 Å². The van der Waals surface area contributed by atoms with Crippen LogP contribution in [0.25, 0.3) is 0 Å². The molecule has 0 radical (unpaired) electrons. The maximum absolute atomic E-state index is 12.0. The molecular weight excluding hydrogens is 280 g/mol. The first-order valence-corrected chi connectivity index (χ1v) is 7.63. The van der Waals surface area contributed by atoms with E-state index in [0.29, 0.717) is 13.1 Å². The van der Waals surface area contributed by atoms with E-state index in [1.807, 2.05) is 6.07 Å². The number of nitrogens with zero attached hydrogens (tertiary/aromatic N) is 1. The standard InChI is InChI=1S/C17H20N2O3/c1-12(20)18-10-16-11-19(17(21)22-16)15-8-7-13-5-3-2-4-6-14(13)9-15/h2,4,7-9,16H,3,5-6,10-11H2,1H3,(H,18,20). The monoisotopic (exact) mass is 300 g/mol. The van der Waals surface area contributed by atoms with Gasteiger partial charge in [-0.15, -0.1) is 0 Å². The van der Waals surface area contributed by atoms with E-state index in [1.165, 1.54) is 18.1 Å². The van der Waals surface area contributed by atoms with Crippen LogP contribution in [-0.2, 0) is 22.4 Å². The average molecular weight is 300 g/mol. The van der Waals surface area contributed by atoms with E-state index in [9.17, 15) is 9.59 Å². The minimum Gasteiger partial charge on any atom is -0.442 e. The molecular formula is C17H20N2O3. The van der Waals surface area contributed by atoms with E-state index in [4.69, 9.17) is 4.74 Å². The fraction of sp³-hybridized carbons (Fsp3) is 0.412. The highest BCUT2D eigenvalue weighted by atomic mass is 16.6. The number of carbonyl (C=O) groups excluding carboxylic acids is 2. The Labute approximate surface area is 129 Å². The molecule has 1 unspecified atom stereocenters. The molecule has 1 aromatic carbocycles. The number of hydrogen-bond donors (Lipinski definition) is 1. The molecule has 22 heavy (non-hydrogen) atoms. The molecule has 116 valence electrons. The molecule has 0 saturated carbocycles. The number of hydrogen-bond acceptors (Lipinski definition) is 3. The first kappa shape index (κ1) is 14.6. The maximum atomic E-state index is 12.0. The van der Waals surface area contributed by atoms with Crippen LogP contribution in [0, 0.1) is 0 Å². The number of rotatable bonds is 3. The lowest BCUT2D eigenvalue weighted by Gasteiger charge is -2.16. The summed E-state index contributed by atoms with van der Waals surface area (Å²) in [5, 5.41) is 2.69. The van der Waals surface area contributed by atoms with E-state index in [1.54, 1.807) is 4.90 Å². The fourth-order valence-corrected chi connectivity index (χ4v) is 2.88. The summed E-state index contributed by atoms with van der Waals surface area (Å²) in [5.74, 6) is -0.119. The number of carbonyl (C=O) groups is 2. The Morgan fingerprint density at radius 2 is 2.23 bits per heavy atom. The number of cyclic esters (lactones) is 1. The lowest BCUT2D eigenvalue weighted by Crippen LogP contribution is -2.33. The third kappa shape index (κ3) is 3.13. The van der Waals surface area contributed by atoms with Crippen LogP contribution in [0.2, 0.25) is 0 Å². The number of allylic oxidation sites excluding steroid dienone is 2. The number of benzene rings is 1. The lowest BCUT2D eigenvalue weighted by molar-refractivity contribution is -0.119. The van der Waals surface area contributed by atoms with Gasteiger partial charge in [0.25, 0.3) is 0 Å². The topological polar surface area (TPSA) is 58.6 Å². The molecule has 1 heterocycles. The van der Waals surface area contributed by atoms with Crippen molar-refractivity contribution in [3.05, 3.63) is 41.5 Å². The maximum Gasteiger partial charge on any atom is 0.414 e. The van der Waals surface area contributed by atoms with E-state index < -0.39 is 0 Å². The molecule has 2 amide bonds. The van der Waals surface area contributed by atoms with Crippen molar-refractivity contribution in [1.29, 1.82) is 0 Å². The average Bonchev–Trinajstić information content (AvgIpc) is 2.71. The Balaban J connectivity index is 1.74. The number of fused-ring (bicyclic) bond motifs is 1. The predicted octanol–water partition coefficient (Wildman–Crippen LogP) is 2.19. The van der Waals surface area contributed by atoms with Gasteiger partial charge in [0, 0.05) is 12.6 Å². The molecule has 1 saturated heterocycles. The van der Waals surface area contributed by atoms with Gasteiger partial charge in [-0.25, -0.2) is 4.79 Å². The smallest absolute Gasteiger partial charge is 0.414 e. The normalized spacial score (nSPS) is 20.3. The molecule has 0 bridgehead atoms. The second-order valence-corrected chi connectivity index (χ2v) is 5.72. The summed E-state index contributed by atoms with van der Waals surface area (Å²) >= 11 is 0. The minimum atomic E-state index is -0.348. The summed E-state index contributed by atoms with van der Waals surface area (Å²) < 4.78 is 5.31.